The smallest absolute Gasteiger partial charge is 0.132 e. The van der Waals surface area contributed by atoms with Crippen LogP contribution in [0, 0.1) is 11.3 Å². The lowest BCUT2D eigenvalue weighted by Gasteiger charge is -2.35. The van der Waals surface area contributed by atoms with Crippen molar-refractivity contribution in [2.75, 3.05) is 0 Å². The molecular weight excluding hydrogens is 196 g/mol. The van der Waals surface area contributed by atoms with Gasteiger partial charge in [-0.05, 0) is 44.2 Å². The molecule has 2 rings (SSSR count). The van der Waals surface area contributed by atoms with Gasteiger partial charge in [0.1, 0.15) is 5.54 Å². The highest BCUT2D eigenvalue weighted by Crippen LogP contribution is 2.35. The monoisotopic (exact) mass is 214 g/mol. The van der Waals surface area contributed by atoms with Gasteiger partial charge in [0.2, 0.25) is 0 Å². The standard InChI is InChI=1S/C14H18N2/c1-11(2)16-14(10-15)9-5-7-12-6-3-4-8-13(12)14/h3-4,6,8,11,16H,5,7,9H2,1-2H3. The molecule has 0 aromatic heterocycles. The van der Waals surface area contributed by atoms with Crippen molar-refractivity contribution in [2.24, 2.45) is 0 Å². The molecule has 1 atom stereocenters. The molecule has 1 N–H and O–H groups in total. The molecule has 0 radical (unpaired) electrons. The maximum absolute atomic E-state index is 9.52. The molecule has 0 heterocycles. The lowest BCUT2D eigenvalue weighted by Crippen LogP contribution is -2.47. The first-order valence-corrected chi connectivity index (χ1v) is 5.95. The van der Waals surface area contributed by atoms with Crippen molar-refractivity contribution in [3.8, 4) is 6.07 Å². The predicted octanol–water partition coefficient (Wildman–Crippen LogP) is 2.74. The molecule has 2 heteroatoms. The van der Waals surface area contributed by atoms with Gasteiger partial charge in [-0.25, -0.2) is 0 Å². The predicted molar refractivity (Wildman–Crippen MR) is 64.9 cm³/mol. The second-order valence-corrected chi connectivity index (χ2v) is 4.83. The van der Waals surface area contributed by atoms with Gasteiger partial charge in [0.05, 0.1) is 6.07 Å². The highest BCUT2D eigenvalue weighted by molar-refractivity contribution is 5.40. The summed E-state index contributed by atoms with van der Waals surface area (Å²) in [5.74, 6) is 0. The lowest BCUT2D eigenvalue weighted by molar-refractivity contribution is 0.338. The molecule has 0 saturated carbocycles. The third-order valence-electron chi connectivity index (χ3n) is 3.20. The zero-order valence-electron chi connectivity index (χ0n) is 9.96. The fraction of sp³-hybridized carbons (Fsp3) is 0.500. The summed E-state index contributed by atoms with van der Waals surface area (Å²) in [6.07, 6.45) is 3.10. The van der Waals surface area contributed by atoms with Crippen LogP contribution in [0.15, 0.2) is 24.3 Å². The highest BCUT2D eigenvalue weighted by atomic mass is 15.0. The molecule has 0 fully saturated rings. The molecule has 1 aromatic rings. The molecule has 16 heavy (non-hydrogen) atoms. The molecule has 1 unspecified atom stereocenters. The van der Waals surface area contributed by atoms with Crippen molar-refractivity contribution in [3.63, 3.8) is 0 Å². The molecule has 1 aromatic carbocycles. The van der Waals surface area contributed by atoms with E-state index in [1.807, 2.05) is 6.07 Å². The van der Waals surface area contributed by atoms with Crippen molar-refractivity contribution < 1.29 is 0 Å². The van der Waals surface area contributed by atoms with Crippen LogP contribution in [0.3, 0.4) is 0 Å². The number of fused-ring (bicyclic) bond motifs is 1. The van der Waals surface area contributed by atoms with Crippen LogP contribution in [0.5, 0.6) is 0 Å². The summed E-state index contributed by atoms with van der Waals surface area (Å²) < 4.78 is 0. The Kier molecular flexibility index (Phi) is 2.98. The van der Waals surface area contributed by atoms with Crippen LogP contribution in [0.2, 0.25) is 0 Å². The van der Waals surface area contributed by atoms with Crippen molar-refractivity contribution in [1.82, 2.24) is 5.32 Å². The Hall–Kier alpha value is -1.33. The van der Waals surface area contributed by atoms with Crippen LogP contribution in [0.4, 0.5) is 0 Å². The summed E-state index contributed by atoms with van der Waals surface area (Å²) in [5.41, 5.74) is 2.03. The first-order chi connectivity index (χ1) is 7.68. The lowest BCUT2D eigenvalue weighted by atomic mass is 9.77. The number of benzene rings is 1. The molecule has 0 spiro atoms. The fourth-order valence-corrected chi connectivity index (χ4v) is 2.62. The summed E-state index contributed by atoms with van der Waals surface area (Å²) in [7, 11) is 0. The summed E-state index contributed by atoms with van der Waals surface area (Å²) in [6, 6.07) is 11.1. The van der Waals surface area contributed by atoms with Crippen LogP contribution in [0.1, 0.15) is 37.8 Å². The van der Waals surface area contributed by atoms with Gasteiger partial charge in [0, 0.05) is 6.04 Å². The molecular formula is C14H18N2. The molecule has 84 valence electrons. The molecule has 0 saturated heterocycles. The summed E-state index contributed by atoms with van der Waals surface area (Å²) in [6.45, 7) is 4.19. The van der Waals surface area contributed by atoms with Crippen molar-refractivity contribution in [1.29, 1.82) is 5.26 Å². The van der Waals surface area contributed by atoms with Crippen LogP contribution >= 0.6 is 0 Å². The minimum Gasteiger partial charge on any atom is -0.293 e. The maximum atomic E-state index is 9.52. The fourth-order valence-electron chi connectivity index (χ4n) is 2.62. The number of nitrogens with zero attached hydrogens (tertiary/aromatic N) is 1. The second-order valence-electron chi connectivity index (χ2n) is 4.83. The summed E-state index contributed by atoms with van der Waals surface area (Å²) >= 11 is 0. The van der Waals surface area contributed by atoms with E-state index >= 15 is 0 Å². The molecule has 0 aliphatic heterocycles. The van der Waals surface area contributed by atoms with Gasteiger partial charge in [0.15, 0.2) is 0 Å². The van der Waals surface area contributed by atoms with Gasteiger partial charge < -0.3 is 0 Å². The van der Waals surface area contributed by atoms with Crippen LogP contribution in [-0.4, -0.2) is 6.04 Å². The van der Waals surface area contributed by atoms with Gasteiger partial charge in [-0.2, -0.15) is 5.26 Å². The normalized spacial score (nSPS) is 23.9. The minimum absolute atomic E-state index is 0.325. The zero-order chi connectivity index (χ0) is 11.6. The number of nitriles is 1. The Bertz CT molecular complexity index is 417. The first-order valence-electron chi connectivity index (χ1n) is 5.95. The number of rotatable bonds is 2. The molecule has 0 amide bonds. The summed E-state index contributed by atoms with van der Waals surface area (Å²) in [5, 5.41) is 13.0. The molecule has 0 bridgehead atoms. The quantitative estimate of drug-likeness (QED) is 0.821. The number of nitrogens with one attached hydrogen (secondary N) is 1. The van der Waals surface area contributed by atoms with Crippen molar-refractivity contribution in [2.45, 2.75) is 44.7 Å². The van der Waals surface area contributed by atoms with E-state index in [0.29, 0.717) is 6.04 Å². The minimum atomic E-state index is -0.469. The topological polar surface area (TPSA) is 35.8 Å². The Morgan fingerprint density at radius 1 is 1.38 bits per heavy atom. The molecule has 1 aliphatic carbocycles. The number of hydrogen-bond donors (Lipinski definition) is 1. The van der Waals surface area contributed by atoms with Gasteiger partial charge in [-0.1, -0.05) is 24.3 Å². The molecule has 2 nitrogen and oxygen atoms in total. The van der Waals surface area contributed by atoms with E-state index in [-0.39, 0.29) is 0 Å². The van der Waals surface area contributed by atoms with E-state index in [9.17, 15) is 5.26 Å². The summed E-state index contributed by atoms with van der Waals surface area (Å²) in [4.78, 5) is 0. The van der Waals surface area contributed by atoms with Crippen LogP contribution in [0.25, 0.3) is 0 Å². The maximum Gasteiger partial charge on any atom is 0.132 e. The van der Waals surface area contributed by atoms with Crippen molar-refractivity contribution >= 4 is 0 Å². The zero-order valence-corrected chi connectivity index (χ0v) is 9.96. The van der Waals surface area contributed by atoms with E-state index in [2.05, 4.69) is 43.4 Å². The van der Waals surface area contributed by atoms with Gasteiger partial charge in [0.25, 0.3) is 0 Å². The second kappa shape index (κ2) is 4.27. The highest BCUT2D eigenvalue weighted by Gasteiger charge is 2.36. The largest absolute Gasteiger partial charge is 0.293 e. The van der Waals surface area contributed by atoms with E-state index in [0.717, 1.165) is 19.3 Å². The SMILES string of the molecule is CC(C)NC1(C#N)CCCc2ccccc21. The van der Waals surface area contributed by atoms with E-state index < -0.39 is 5.54 Å². The van der Waals surface area contributed by atoms with Gasteiger partial charge >= 0.3 is 0 Å². The van der Waals surface area contributed by atoms with E-state index in [4.69, 9.17) is 0 Å². The van der Waals surface area contributed by atoms with Crippen LogP contribution in [-0.2, 0) is 12.0 Å². The third-order valence-corrected chi connectivity index (χ3v) is 3.20. The Labute approximate surface area is 97.3 Å². The molecule has 1 aliphatic rings. The van der Waals surface area contributed by atoms with Crippen LogP contribution < -0.4 is 5.32 Å². The average molecular weight is 214 g/mol. The van der Waals surface area contributed by atoms with Crippen molar-refractivity contribution in [3.05, 3.63) is 35.4 Å². The first kappa shape index (κ1) is 11.2. The van der Waals surface area contributed by atoms with E-state index in [1.54, 1.807) is 0 Å². The average Bonchev–Trinajstić information content (AvgIpc) is 2.29. The number of hydrogen-bond acceptors (Lipinski definition) is 2. The Morgan fingerprint density at radius 3 is 2.81 bits per heavy atom. The third kappa shape index (κ3) is 1.83. The Balaban J connectivity index is 2.46. The van der Waals surface area contributed by atoms with Gasteiger partial charge in [-0.15, -0.1) is 0 Å². The van der Waals surface area contributed by atoms with Gasteiger partial charge in [-0.3, -0.25) is 5.32 Å². The number of aryl methyl sites for hydroxylation is 1. The van der Waals surface area contributed by atoms with E-state index in [1.165, 1.54) is 11.1 Å². The Morgan fingerprint density at radius 2 is 2.12 bits per heavy atom.